The lowest BCUT2D eigenvalue weighted by atomic mass is 10.4. The van der Waals surface area contributed by atoms with Crippen molar-refractivity contribution in [3.05, 3.63) is 18.1 Å². The van der Waals surface area contributed by atoms with Gasteiger partial charge in [-0.1, -0.05) is 22.9 Å². The Morgan fingerprint density at radius 3 is 2.79 bits per heavy atom. The molecule has 0 amide bonds. The fraction of sp³-hybridized carbons (Fsp3) is 0.444. The molecule has 0 fully saturated rings. The Morgan fingerprint density at radius 1 is 1.50 bits per heavy atom. The Hall–Kier alpha value is -0.970. The summed E-state index contributed by atoms with van der Waals surface area (Å²) in [5, 5.41) is 0.843. The molecule has 4 nitrogen and oxygen atoms in total. The van der Waals surface area contributed by atoms with Crippen LogP contribution in [-0.2, 0) is 11.2 Å². The molecule has 0 bridgehead atoms. The second kappa shape index (κ2) is 5.70. The fourth-order valence-corrected chi connectivity index (χ4v) is 1.22. The Balaban J connectivity index is 2.59. The summed E-state index contributed by atoms with van der Waals surface area (Å²) in [5.41, 5.74) is 0.873. The van der Waals surface area contributed by atoms with Gasteiger partial charge >= 0.3 is 5.97 Å². The van der Waals surface area contributed by atoms with Crippen LogP contribution in [0.4, 0.5) is 0 Å². The molecule has 76 valence electrons. The van der Waals surface area contributed by atoms with Crippen molar-refractivity contribution < 1.29 is 9.53 Å². The van der Waals surface area contributed by atoms with Gasteiger partial charge in [-0.2, -0.15) is 0 Å². The van der Waals surface area contributed by atoms with Gasteiger partial charge in [-0.3, -0.25) is 9.78 Å². The van der Waals surface area contributed by atoms with E-state index < -0.39 is 0 Å². The van der Waals surface area contributed by atoms with Crippen LogP contribution in [0.3, 0.4) is 0 Å². The number of hydrogen-bond donors (Lipinski definition) is 0. The van der Waals surface area contributed by atoms with Gasteiger partial charge in [0.2, 0.25) is 5.88 Å². The number of carbonyl (C=O) groups is 1. The van der Waals surface area contributed by atoms with Gasteiger partial charge in [-0.25, -0.2) is 4.98 Å². The molecule has 0 radical (unpaired) electrons. The molecule has 0 saturated heterocycles. The summed E-state index contributed by atoms with van der Waals surface area (Å²) >= 11 is 3.30. The number of esters is 1. The predicted molar refractivity (Wildman–Crippen MR) is 55.5 cm³/mol. The average Bonchev–Trinajstić information content (AvgIpc) is 2.21. The number of ether oxygens (including phenoxy) is 1. The minimum atomic E-state index is -0.299. The van der Waals surface area contributed by atoms with E-state index in [1.54, 1.807) is 13.1 Å². The van der Waals surface area contributed by atoms with Crippen LogP contribution in [0.15, 0.2) is 12.4 Å². The number of halogens is 1. The normalized spacial score (nSPS) is 9.86. The van der Waals surface area contributed by atoms with E-state index in [1.165, 1.54) is 6.20 Å². The number of nitrogens with zero attached hydrogens (tertiary/aromatic N) is 2. The van der Waals surface area contributed by atoms with Crippen LogP contribution in [0.2, 0.25) is 0 Å². The molecule has 0 spiro atoms. The first kappa shape index (κ1) is 11.1. The molecule has 0 aliphatic carbocycles. The van der Waals surface area contributed by atoms with Crippen LogP contribution in [0.1, 0.15) is 19.0 Å². The Labute approximate surface area is 90.8 Å². The van der Waals surface area contributed by atoms with Crippen molar-refractivity contribution in [2.75, 3.05) is 5.33 Å². The molecule has 0 aliphatic rings. The Bertz CT molecular complexity index is 300. The second-order valence-corrected chi connectivity index (χ2v) is 3.41. The Morgan fingerprint density at radius 2 is 2.29 bits per heavy atom. The van der Waals surface area contributed by atoms with Crippen molar-refractivity contribution in [2.45, 2.75) is 19.8 Å². The zero-order valence-electron chi connectivity index (χ0n) is 7.86. The summed E-state index contributed by atoms with van der Waals surface area (Å²) in [7, 11) is 0. The quantitative estimate of drug-likeness (QED) is 0.610. The fourth-order valence-electron chi connectivity index (χ4n) is 0.810. The van der Waals surface area contributed by atoms with Crippen LogP contribution in [0.5, 0.6) is 5.88 Å². The zero-order chi connectivity index (χ0) is 10.4. The van der Waals surface area contributed by atoms with Crippen molar-refractivity contribution in [3.8, 4) is 5.88 Å². The standard InChI is InChI=1S/C9H11BrN2O2/c1-2-9(13)14-8-6-11-7(3-4-10)5-12-8/h5-6H,2-4H2,1H3. The van der Waals surface area contributed by atoms with Crippen LogP contribution < -0.4 is 4.74 Å². The highest BCUT2D eigenvalue weighted by Crippen LogP contribution is 2.06. The molecule has 1 heterocycles. The van der Waals surface area contributed by atoms with Crippen LogP contribution in [-0.4, -0.2) is 21.3 Å². The molecule has 0 saturated carbocycles. The summed E-state index contributed by atoms with van der Waals surface area (Å²) < 4.78 is 4.87. The van der Waals surface area contributed by atoms with Crippen LogP contribution >= 0.6 is 15.9 Å². The minimum Gasteiger partial charge on any atom is -0.406 e. The monoisotopic (exact) mass is 258 g/mol. The summed E-state index contributed by atoms with van der Waals surface area (Å²) in [6.07, 6.45) is 4.23. The number of carbonyl (C=O) groups excluding carboxylic acids is 1. The van der Waals surface area contributed by atoms with E-state index in [9.17, 15) is 4.79 Å². The Kier molecular flexibility index (Phi) is 4.52. The van der Waals surface area contributed by atoms with Crippen LogP contribution in [0, 0.1) is 0 Å². The third kappa shape index (κ3) is 3.41. The molecule has 5 heteroatoms. The van der Waals surface area contributed by atoms with E-state index in [0.29, 0.717) is 6.42 Å². The highest BCUT2D eigenvalue weighted by molar-refractivity contribution is 9.09. The minimum absolute atomic E-state index is 0.259. The maximum Gasteiger partial charge on any atom is 0.312 e. The van der Waals surface area contributed by atoms with E-state index in [4.69, 9.17) is 4.74 Å². The van der Waals surface area contributed by atoms with Crippen LogP contribution in [0.25, 0.3) is 0 Å². The SMILES string of the molecule is CCC(=O)Oc1cnc(CCBr)cn1. The lowest BCUT2D eigenvalue weighted by molar-refractivity contribution is -0.134. The van der Waals surface area contributed by atoms with Gasteiger partial charge in [0.15, 0.2) is 0 Å². The van der Waals surface area contributed by atoms with Gasteiger partial charge in [-0.05, 0) is 0 Å². The smallest absolute Gasteiger partial charge is 0.312 e. The summed E-state index contributed by atoms with van der Waals surface area (Å²) in [4.78, 5) is 18.9. The molecule has 0 N–H and O–H groups in total. The van der Waals surface area contributed by atoms with Crippen molar-refractivity contribution >= 4 is 21.9 Å². The third-order valence-electron chi connectivity index (χ3n) is 1.54. The molecule has 0 aromatic carbocycles. The largest absolute Gasteiger partial charge is 0.406 e. The predicted octanol–water partition coefficient (Wildman–Crippen LogP) is 1.73. The third-order valence-corrected chi connectivity index (χ3v) is 1.94. The van der Waals surface area contributed by atoms with E-state index >= 15 is 0 Å². The van der Waals surface area contributed by atoms with Crippen molar-refractivity contribution in [1.82, 2.24) is 9.97 Å². The molecule has 0 unspecified atom stereocenters. The van der Waals surface area contributed by atoms with Crippen molar-refractivity contribution in [2.24, 2.45) is 0 Å². The van der Waals surface area contributed by atoms with Gasteiger partial charge in [0.25, 0.3) is 0 Å². The lowest BCUT2D eigenvalue weighted by Crippen LogP contribution is -2.07. The summed E-state index contributed by atoms with van der Waals surface area (Å²) in [5.74, 6) is -0.0392. The molecule has 0 atom stereocenters. The number of aryl methyl sites for hydroxylation is 1. The van der Waals surface area contributed by atoms with E-state index in [-0.39, 0.29) is 11.8 Å². The first-order valence-electron chi connectivity index (χ1n) is 4.33. The van der Waals surface area contributed by atoms with E-state index in [2.05, 4.69) is 25.9 Å². The average molecular weight is 259 g/mol. The molecule has 1 rings (SSSR count). The van der Waals surface area contributed by atoms with E-state index in [1.807, 2.05) is 0 Å². The summed E-state index contributed by atoms with van der Waals surface area (Å²) in [6, 6.07) is 0. The zero-order valence-corrected chi connectivity index (χ0v) is 9.45. The highest BCUT2D eigenvalue weighted by atomic mass is 79.9. The number of aromatic nitrogens is 2. The first-order chi connectivity index (χ1) is 6.76. The topological polar surface area (TPSA) is 52.1 Å². The highest BCUT2D eigenvalue weighted by Gasteiger charge is 2.03. The first-order valence-corrected chi connectivity index (χ1v) is 5.46. The molecule has 0 aliphatic heterocycles. The van der Waals surface area contributed by atoms with Gasteiger partial charge < -0.3 is 4.74 Å². The van der Waals surface area contributed by atoms with E-state index in [0.717, 1.165) is 17.4 Å². The number of hydrogen-bond acceptors (Lipinski definition) is 4. The molecule has 1 aromatic heterocycles. The second-order valence-electron chi connectivity index (χ2n) is 2.61. The number of rotatable bonds is 4. The van der Waals surface area contributed by atoms with Gasteiger partial charge in [-0.15, -0.1) is 0 Å². The molecule has 14 heavy (non-hydrogen) atoms. The summed E-state index contributed by atoms with van der Waals surface area (Å²) in [6.45, 7) is 1.73. The maximum absolute atomic E-state index is 10.9. The van der Waals surface area contributed by atoms with Gasteiger partial charge in [0.1, 0.15) is 0 Å². The molecular weight excluding hydrogens is 248 g/mol. The van der Waals surface area contributed by atoms with Crippen molar-refractivity contribution in [3.63, 3.8) is 0 Å². The van der Waals surface area contributed by atoms with Gasteiger partial charge in [0, 0.05) is 18.2 Å². The number of alkyl halides is 1. The van der Waals surface area contributed by atoms with Gasteiger partial charge in [0.05, 0.1) is 18.1 Å². The molecular formula is C9H11BrN2O2. The lowest BCUT2D eigenvalue weighted by Gasteiger charge is -2.01. The van der Waals surface area contributed by atoms with Crippen molar-refractivity contribution in [1.29, 1.82) is 0 Å². The maximum atomic E-state index is 10.9. The molecule has 1 aromatic rings.